The Kier molecular flexibility index (Phi) is 3.87. The second-order valence-corrected chi connectivity index (χ2v) is 5.64. The minimum atomic E-state index is -0.128. The summed E-state index contributed by atoms with van der Waals surface area (Å²) in [5.41, 5.74) is 7.69. The first kappa shape index (κ1) is 12.6. The predicted octanol–water partition coefficient (Wildman–Crippen LogP) is 2.95. The van der Waals surface area contributed by atoms with E-state index in [9.17, 15) is 0 Å². The molecule has 0 bridgehead atoms. The highest BCUT2D eigenvalue weighted by Gasteiger charge is 2.31. The summed E-state index contributed by atoms with van der Waals surface area (Å²) in [6.45, 7) is 2.28. The number of hydrogen-bond donors (Lipinski definition) is 1. The van der Waals surface area contributed by atoms with E-state index in [2.05, 4.69) is 18.2 Å². The van der Waals surface area contributed by atoms with E-state index in [0.717, 1.165) is 18.8 Å². The summed E-state index contributed by atoms with van der Waals surface area (Å²) >= 11 is 0. The molecular formula is C14H25N3. The molecule has 0 spiro atoms. The van der Waals surface area contributed by atoms with Gasteiger partial charge in [-0.25, -0.2) is 0 Å². The van der Waals surface area contributed by atoms with Crippen LogP contribution in [0.5, 0.6) is 0 Å². The van der Waals surface area contributed by atoms with Crippen LogP contribution in [0, 0.1) is 5.92 Å². The van der Waals surface area contributed by atoms with E-state index in [4.69, 9.17) is 5.73 Å². The Bertz CT molecular complexity index is 358. The van der Waals surface area contributed by atoms with Crippen LogP contribution in [0.25, 0.3) is 0 Å². The third-order valence-corrected chi connectivity index (χ3v) is 4.21. The molecule has 3 nitrogen and oxygen atoms in total. The number of aryl methyl sites for hydroxylation is 1. The van der Waals surface area contributed by atoms with E-state index >= 15 is 0 Å². The van der Waals surface area contributed by atoms with Gasteiger partial charge in [0.05, 0.1) is 6.20 Å². The number of aromatic nitrogens is 2. The molecule has 1 heterocycles. The van der Waals surface area contributed by atoms with Gasteiger partial charge in [0, 0.05) is 24.3 Å². The van der Waals surface area contributed by atoms with Crippen molar-refractivity contribution >= 4 is 0 Å². The Hall–Kier alpha value is -0.830. The maximum atomic E-state index is 6.60. The Balaban J connectivity index is 2.06. The van der Waals surface area contributed by atoms with Crippen LogP contribution in [0.3, 0.4) is 0 Å². The molecule has 0 aromatic carbocycles. The molecule has 0 saturated heterocycles. The Labute approximate surface area is 104 Å². The van der Waals surface area contributed by atoms with Gasteiger partial charge in [-0.2, -0.15) is 5.10 Å². The zero-order valence-corrected chi connectivity index (χ0v) is 11.2. The van der Waals surface area contributed by atoms with E-state index in [1.165, 1.54) is 37.7 Å². The highest BCUT2D eigenvalue weighted by atomic mass is 15.2. The fourth-order valence-electron chi connectivity index (χ4n) is 3.10. The lowest BCUT2D eigenvalue weighted by Gasteiger charge is -2.27. The molecule has 2 unspecified atom stereocenters. The summed E-state index contributed by atoms with van der Waals surface area (Å²) in [6.07, 6.45) is 12.8. The minimum Gasteiger partial charge on any atom is -0.321 e. The van der Waals surface area contributed by atoms with E-state index < -0.39 is 0 Å². The molecule has 1 aliphatic rings. The standard InChI is InChI=1S/C14H25N3/c1-3-5-12-6-4-8-14(15,9-7-12)13-10-16-17(2)11-13/h10-12H,3-9,15H2,1-2H3. The van der Waals surface area contributed by atoms with Gasteiger partial charge in [0.25, 0.3) is 0 Å². The molecule has 1 aromatic heterocycles. The van der Waals surface area contributed by atoms with Crippen LogP contribution in [-0.4, -0.2) is 9.78 Å². The van der Waals surface area contributed by atoms with Gasteiger partial charge in [0.1, 0.15) is 0 Å². The molecule has 2 N–H and O–H groups in total. The van der Waals surface area contributed by atoms with Crippen molar-refractivity contribution in [1.82, 2.24) is 9.78 Å². The smallest absolute Gasteiger partial charge is 0.0540 e. The molecule has 2 rings (SSSR count). The summed E-state index contributed by atoms with van der Waals surface area (Å²) in [5, 5.41) is 4.26. The van der Waals surface area contributed by atoms with Gasteiger partial charge in [0.15, 0.2) is 0 Å². The molecule has 1 saturated carbocycles. The third kappa shape index (κ3) is 2.89. The third-order valence-electron chi connectivity index (χ3n) is 4.21. The molecule has 0 amide bonds. The summed E-state index contributed by atoms with van der Waals surface area (Å²) in [5.74, 6) is 0.891. The molecule has 1 aliphatic carbocycles. The van der Waals surface area contributed by atoms with Crippen molar-refractivity contribution in [3.05, 3.63) is 18.0 Å². The maximum absolute atomic E-state index is 6.60. The lowest BCUT2D eigenvalue weighted by atomic mass is 9.85. The highest BCUT2D eigenvalue weighted by Crippen LogP contribution is 2.36. The quantitative estimate of drug-likeness (QED) is 0.819. The number of nitrogens with zero attached hydrogens (tertiary/aromatic N) is 2. The average Bonchev–Trinajstić information content (AvgIpc) is 2.65. The maximum Gasteiger partial charge on any atom is 0.0540 e. The summed E-state index contributed by atoms with van der Waals surface area (Å²) in [4.78, 5) is 0. The fourth-order valence-corrected chi connectivity index (χ4v) is 3.10. The van der Waals surface area contributed by atoms with Gasteiger partial charge >= 0.3 is 0 Å². The Morgan fingerprint density at radius 2 is 2.29 bits per heavy atom. The van der Waals surface area contributed by atoms with Gasteiger partial charge in [-0.15, -0.1) is 0 Å². The first-order valence-electron chi connectivity index (χ1n) is 6.92. The van der Waals surface area contributed by atoms with Crippen LogP contribution >= 0.6 is 0 Å². The van der Waals surface area contributed by atoms with E-state index in [0.29, 0.717) is 0 Å². The van der Waals surface area contributed by atoms with Crippen LogP contribution in [0.1, 0.15) is 57.4 Å². The van der Waals surface area contributed by atoms with Crippen LogP contribution in [-0.2, 0) is 12.6 Å². The number of rotatable bonds is 3. The summed E-state index contributed by atoms with van der Waals surface area (Å²) in [7, 11) is 1.96. The SMILES string of the molecule is CCCC1CCCC(N)(c2cnn(C)c2)CC1. The van der Waals surface area contributed by atoms with Crippen molar-refractivity contribution in [2.24, 2.45) is 18.7 Å². The summed E-state index contributed by atoms with van der Waals surface area (Å²) in [6, 6.07) is 0. The van der Waals surface area contributed by atoms with E-state index in [1.807, 2.05) is 17.9 Å². The molecular weight excluding hydrogens is 210 g/mol. The van der Waals surface area contributed by atoms with Gasteiger partial charge in [-0.1, -0.05) is 32.6 Å². The van der Waals surface area contributed by atoms with Gasteiger partial charge in [-0.05, 0) is 25.2 Å². The summed E-state index contributed by atoms with van der Waals surface area (Å²) < 4.78 is 1.86. The van der Waals surface area contributed by atoms with Crippen molar-refractivity contribution in [2.75, 3.05) is 0 Å². The van der Waals surface area contributed by atoms with Crippen molar-refractivity contribution in [3.63, 3.8) is 0 Å². The van der Waals surface area contributed by atoms with Crippen LogP contribution in [0.15, 0.2) is 12.4 Å². The normalized spacial score (nSPS) is 30.2. The van der Waals surface area contributed by atoms with Crippen LogP contribution in [0.2, 0.25) is 0 Å². The second-order valence-electron chi connectivity index (χ2n) is 5.64. The van der Waals surface area contributed by atoms with Gasteiger partial charge in [0.2, 0.25) is 0 Å². The molecule has 96 valence electrons. The fraction of sp³-hybridized carbons (Fsp3) is 0.786. The number of hydrogen-bond acceptors (Lipinski definition) is 2. The van der Waals surface area contributed by atoms with Gasteiger partial charge < -0.3 is 5.73 Å². The lowest BCUT2D eigenvalue weighted by molar-refractivity contribution is 0.367. The van der Waals surface area contributed by atoms with Gasteiger partial charge in [-0.3, -0.25) is 4.68 Å². The van der Waals surface area contributed by atoms with E-state index in [-0.39, 0.29) is 5.54 Å². The minimum absolute atomic E-state index is 0.128. The molecule has 2 atom stereocenters. The van der Waals surface area contributed by atoms with Crippen LogP contribution in [0.4, 0.5) is 0 Å². The molecule has 1 aromatic rings. The molecule has 3 heteroatoms. The molecule has 0 radical (unpaired) electrons. The zero-order valence-electron chi connectivity index (χ0n) is 11.2. The average molecular weight is 235 g/mol. The predicted molar refractivity (Wildman–Crippen MR) is 70.6 cm³/mol. The van der Waals surface area contributed by atoms with Crippen molar-refractivity contribution in [3.8, 4) is 0 Å². The monoisotopic (exact) mass is 235 g/mol. The first-order chi connectivity index (χ1) is 8.14. The molecule has 0 aliphatic heterocycles. The van der Waals surface area contributed by atoms with Crippen molar-refractivity contribution < 1.29 is 0 Å². The van der Waals surface area contributed by atoms with Crippen molar-refractivity contribution in [2.45, 2.75) is 57.4 Å². The zero-order chi connectivity index (χ0) is 12.3. The highest BCUT2D eigenvalue weighted by molar-refractivity contribution is 5.17. The van der Waals surface area contributed by atoms with E-state index in [1.54, 1.807) is 0 Å². The topological polar surface area (TPSA) is 43.8 Å². The van der Waals surface area contributed by atoms with Crippen molar-refractivity contribution in [1.29, 1.82) is 0 Å². The van der Waals surface area contributed by atoms with Crippen LogP contribution < -0.4 is 5.73 Å². The molecule has 17 heavy (non-hydrogen) atoms. The Morgan fingerprint density at radius 3 is 2.94 bits per heavy atom. The second kappa shape index (κ2) is 5.21. The molecule has 1 fully saturated rings. The first-order valence-corrected chi connectivity index (χ1v) is 6.92. The largest absolute Gasteiger partial charge is 0.321 e. The lowest BCUT2D eigenvalue weighted by Crippen LogP contribution is -2.35. The number of nitrogens with two attached hydrogens (primary N) is 1. The Morgan fingerprint density at radius 1 is 1.47 bits per heavy atom.